The summed E-state index contributed by atoms with van der Waals surface area (Å²) >= 11 is 0. The lowest BCUT2D eigenvalue weighted by Gasteiger charge is -2.10. The highest BCUT2D eigenvalue weighted by molar-refractivity contribution is 5.93. The van der Waals surface area contributed by atoms with Crippen molar-refractivity contribution in [2.24, 2.45) is 9.98 Å². The molecule has 2 heterocycles. The van der Waals surface area contributed by atoms with Gasteiger partial charge in [0, 0.05) is 12.7 Å². The van der Waals surface area contributed by atoms with Gasteiger partial charge in [0.1, 0.15) is 11.5 Å². The van der Waals surface area contributed by atoms with E-state index >= 15 is 0 Å². The summed E-state index contributed by atoms with van der Waals surface area (Å²) in [5.41, 5.74) is 1.24. The first-order valence-corrected chi connectivity index (χ1v) is 5.31. The summed E-state index contributed by atoms with van der Waals surface area (Å²) in [6, 6.07) is 0. The van der Waals surface area contributed by atoms with E-state index in [1.807, 2.05) is 14.0 Å². The van der Waals surface area contributed by atoms with Crippen LogP contribution >= 0.6 is 0 Å². The van der Waals surface area contributed by atoms with Crippen LogP contribution < -0.4 is 21.5 Å². The predicted molar refractivity (Wildman–Crippen MR) is 58.8 cm³/mol. The zero-order valence-corrected chi connectivity index (χ0v) is 9.37. The second-order valence-electron chi connectivity index (χ2n) is 3.53. The number of nitrogens with zero attached hydrogens (tertiary/aromatic N) is 2. The Hall–Kier alpha value is -1.69. The van der Waals surface area contributed by atoms with Crippen molar-refractivity contribution < 1.29 is 4.79 Å². The number of H-pyrrole nitrogens is 1. The molecule has 1 aromatic heterocycles. The van der Waals surface area contributed by atoms with Gasteiger partial charge in [0.25, 0.3) is 5.91 Å². The molecule has 0 radical (unpaired) electrons. The molecule has 1 atom stereocenters. The quantitative estimate of drug-likeness (QED) is 0.584. The minimum absolute atomic E-state index is 0.0449. The first-order chi connectivity index (χ1) is 7.76. The lowest BCUT2D eigenvalue weighted by molar-refractivity contribution is 0.0954. The molecule has 1 aromatic rings. The fourth-order valence-electron chi connectivity index (χ4n) is 1.62. The number of aromatic nitrogens is 1. The van der Waals surface area contributed by atoms with Gasteiger partial charge in [0.2, 0.25) is 0 Å². The number of nitrogens with one attached hydrogen (secondary N) is 3. The number of fused-ring (bicyclic) bond motifs is 1. The number of hydrogen-bond donors (Lipinski definition) is 3. The van der Waals surface area contributed by atoms with E-state index in [9.17, 15) is 4.79 Å². The third-order valence-corrected chi connectivity index (χ3v) is 2.46. The Morgan fingerprint density at radius 1 is 1.69 bits per heavy atom. The first-order valence-electron chi connectivity index (χ1n) is 5.31. The third-order valence-electron chi connectivity index (χ3n) is 2.46. The van der Waals surface area contributed by atoms with Crippen LogP contribution in [0, 0.1) is 0 Å². The van der Waals surface area contributed by atoms with Crippen molar-refractivity contribution in [1.29, 1.82) is 0 Å². The highest BCUT2D eigenvalue weighted by atomic mass is 16.1. The minimum Gasteiger partial charge on any atom is -0.352 e. The van der Waals surface area contributed by atoms with Gasteiger partial charge in [0.05, 0.1) is 12.1 Å². The number of aromatic amines is 1. The molecule has 16 heavy (non-hydrogen) atoms. The van der Waals surface area contributed by atoms with Crippen LogP contribution in [0.5, 0.6) is 0 Å². The van der Waals surface area contributed by atoms with E-state index in [1.165, 1.54) is 0 Å². The summed E-state index contributed by atoms with van der Waals surface area (Å²) in [6.07, 6.45) is 1.61. The van der Waals surface area contributed by atoms with Crippen molar-refractivity contribution in [2.75, 3.05) is 20.1 Å². The average Bonchev–Trinajstić information content (AvgIpc) is 2.71. The Labute approximate surface area is 92.9 Å². The van der Waals surface area contributed by atoms with Crippen molar-refractivity contribution >= 4 is 5.91 Å². The topological polar surface area (TPSA) is 81.6 Å². The minimum atomic E-state index is -0.115. The Bertz CT molecular complexity index is 504. The fourth-order valence-corrected chi connectivity index (χ4v) is 1.62. The highest BCUT2D eigenvalue weighted by Crippen LogP contribution is 1.92. The Balaban J connectivity index is 2.44. The van der Waals surface area contributed by atoms with Crippen molar-refractivity contribution in [1.82, 2.24) is 15.6 Å². The summed E-state index contributed by atoms with van der Waals surface area (Å²) in [5, 5.41) is 6.43. The molecule has 0 bridgehead atoms. The average molecular weight is 221 g/mol. The largest absolute Gasteiger partial charge is 0.352 e. The molecular formula is C10H15N5O. The van der Waals surface area contributed by atoms with Gasteiger partial charge in [-0.3, -0.25) is 20.1 Å². The van der Waals surface area contributed by atoms with Crippen molar-refractivity contribution in [3.8, 4) is 0 Å². The van der Waals surface area contributed by atoms with Gasteiger partial charge < -0.3 is 10.3 Å². The van der Waals surface area contributed by atoms with Crippen LogP contribution in [0.2, 0.25) is 0 Å². The number of carbonyl (C=O) groups is 1. The van der Waals surface area contributed by atoms with E-state index in [0.29, 0.717) is 29.5 Å². The van der Waals surface area contributed by atoms with E-state index in [2.05, 4.69) is 25.6 Å². The zero-order chi connectivity index (χ0) is 11.5. The molecule has 1 aliphatic rings. The van der Waals surface area contributed by atoms with Crippen molar-refractivity contribution in [3.63, 3.8) is 0 Å². The smallest absolute Gasteiger partial charge is 0.255 e. The molecule has 1 aliphatic heterocycles. The molecule has 1 unspecified atom stereocenters. The maximum Gasteiger partial charge on any atom is 0.255 e. The number of carbonyl (C=O) groups excluding carboxylic acids is 1. The maximum atomic E-state index is 11.7. The van der Waals surface area contributed by atoms with E-state index in [4.69, 9.17) is 0 Å². The summed E-state index contributed by atoms with van der Waals surface area (Å²) in [7, 11) is 1.83. The summed E-state index contributed by atoms with van der Waals surface area (Å²) in [4.78, 5) is 23.4. The van der Waals surface area contributed by atoms with E-state index < -0.39 is 0 Å². The van der Waals surface area contributed by atoms with Gasteiger partial charge >= 0.3 is 0 Å². The molecule has 6 heteroatoms. The van der Waals surface area contributed by atoms with Crippen LogP contribution in [-0.4, -0.2) is 37.2 Å². The third kappa shape index (κ3) is 1.83. The number of hydrogen-bond acceptors (Lipinski definition) is 4. The number of amides is 1. The number of likely N-dealkylation sites (N-methyl/N-ethyl adjacent to an activating group) is 1. The van der Waals surface area contributed by atoms with Gasteiger partial charge in [-0.15, -0.1) is 0 Å². The van der Waals surface area contributed by atoms with E-state index in [1.54, 1.807) is 6.20 Å². The SMILES string of the molecule is CCNC(=O)c1c[nH]c2c1=NC(NC)CN=2. The van der Waals surface area contributed by atoms with Gasteiger partial charge in [-0.2, -0.15) is 0 Å². The van der Waals surface area contributed by atoms with Crippen LogP contribution in [0.25, 0.3) is 0 Å². The van der Waals surface area contributed by atoms with Gasteiger partial charge in [-0.05, 0) is 14.0 Å². The summed E-state index contributed by atoms with van der Waals surface area (Å²) in [5.74, 6) is -0.115. The molecule has 0 saturated heterocycles. The van der Waals surface area contributed by atoms with Crippen LogP contribution in [-0.2, 0) is 0 Å². The molecule has 2 rings (SSSR count). The molecule has 0 saturated carbocycles. The van der Waals surface area contributed by atoms with Crippen LogP contribution in [0.1, 0.15) is 17.3 Å². The molecule has 3 N–H and O–H groups in total. The van der Waals surface area contributed by atoms with Crippen LogP contribution in [0.4, 0.5) is 0 Å². The molecule has 0 spiro atoms. The standard InChI is InChI=1S/C10H15N5O/c1-3-12-10(16)6-4-13-9-8(6)15-7(11-2)5-14-9/h4,7,11H,3,5H2,1-2H3,(H,12,16)(H,13,14). The van der Waals surface area contributed by atoms with Gasteiger partial charge in [-0.1, -0.05) is 0 Å². The van der Waals surface area contributed by atoms with Crippen LogP contribution in [0.15, 0.2) is 16.2 Å². The van der Waals surface area contributed by atoms with E-state index in [0.717, 1.165) is 0 Å². The highest BCUT2D eigenvalue weighted by Gasteiger charge is 2.15. The molecule has 0 aromatic carbocycles. The first kappa shape index (κ1) is 10.8. The Kier molecular flexibility index (Phi) is 3.00. The normalized spacial score (nSPS) is 18.2. The lowest BCUT2D eigenvalue weighted by atomic mass is 10.3. The van der Waals surface area contributed by atoms with Gasteiger partial charge in [0.15, 0.2) is 5.49 Å². The number of rotatable bonds is 3. The van der Waals surface area contributed by atoms with E-state index in [-0.39, 0.29) is 12.1 Å². The van der Waals surface area contributed by atoms with Crippen molar-refractivity contribution in [2.45, 2.75) is 13.1 Å². The maximum absolute atomic E-state index is 11.7. The molecule has 6 nitrogen and oxygen atoms in total. The Morgan fingerprint density at radius 3 is 3.19 bits per heavy atom. The lowest BCUT2D eigenvalue weighted by Crippen LogP contribution is -2.41. The zero-order valence-electron chi connectivity index (χ0n) is 9.37. The van der Waals surface area contributed by atoms with Crippen LogP contribution in [0.3, 0.4) is 0 Å². The second-order valence-corrected chi connectivity index (χ2v) is 3.53. The molecule has 1 amide bonds. The van der Waals surface area contributed by atoms with Gasteiger partial charge in [-0.25, -0.2) is 0 Å². The molecular weight excluding hydrogens is 206 g/mol. The summed E-state index contributed by atoms with van der Waals surface area (Å²) in [6.45, 7) is 3.08. The Morgan fingerprint density at radius 2 is 2.50 bits per heavy atom. The monoisotopic (exact) mass is 221 g/mol. The predicted octanol–water partition coefficient (Wildman–Crippen LogP) is -1.44. The molecule has 0 fully saturated rings. The van der Waals surface area contributed by atoms with Crippen molar-refractivity contribution in [3.05, 3.63) is 22.6 Å². The second kappa shape index (κ2) is 4.44. The molecule has 86 valence electrons. The molecule has 0 aliphatic carbocycles. The fraction of sp³-hybridized carbons (Fsp3) is 0.500. The summed E-state index contributed by atoms with van der Waals surface area (Å²) < 4.78 is 0.